The van der Waals surface area contributed by atoms with Gasteiger partial charge in [0.05, 0.1) is 18.1 Å². The van der Waals surface area contributed by atoms with Gasteiger partial charge in [0.1, 0.15) is 5.82 Å². The third kappa shape index (κ3) is 3.88. The first-order valence-electron chi connectivity index (χ1n) is 9.11. The molecule has 7 nitrogen and oxygen atoms in total. The molecule has 4 rings (SSSR count). The van der Waals surface area contributed by atoms with Gasteiger partial charge in [-0.2, -0.15) is 0 Å². The van der Waals surface area contributed by atoms with Gasteiger partial charge in [0.15, 0.2) is 5.76 Å². The van der Waals surface area contributed by atoms with Crippen molar-refractivity contribution in [2.75, 3.05) is 36.4 Å². The molecule has 3 heterocycles. The Bertz CT molecular complexity index is 932. The zero-order chi connectivity index (χ0) is 19.3. The summed E-state index contributed by atoms with van der Waals surface area (Å²) in [6, 6.07) is 16.1. The van der Waals surface area contributed by atoms with Crippen LogP contribution in [-0.4, -0.2) is 47.9 Å². The van der Waals surface area contributed by atoms with Gasteiger partial charge in [0.2, 0.25) is 0 Å². The standard InChI is InChI=1S/C21H20N4O3/c26-20(16-5-2-1-3-6-16)23-19-9-8-17(15-22-19)24-10-12-25(13-11-24)21(27)18-7-4-14-28-18/h1-9,14-15H,10-13H2,(H,22,23,26). The number of nitrogens with zero attached hydrogens (tertiary/aromatic N) is 3. The molecule has 0 spiro atoms. The van der Waals surface area contributed by atoms with Crippen LogP contribution in [0.3, 0.4) is 0 Å². The summed E-state index contributed by atoms with van der Waals surface area (Å²) in [6.45, 7) is 2.66. The second-order valence-corrected chi connectivity index (χ2v) is 6.48. The summed E-state index contributed by atoms with van der Waals surface area (Å²) in [6.07, 6.45) is 3.25. The lowest BCUT2D eigenvalue weighted by Gasteiger charge is -2.35. The minimum atomic E-state index is -0.189. The van der Waals surface area contributed by atoms with Gasteiger partial charge in [-0.15, -0.1) is 0 Å². The first-order valence-corrected chi connectivity index (χ1v) is 9.11. The molecule has 1 fully saturated rings. The van der Waals surface area contributed by atoms with Gasteiger partial charge in [-0.3, -0.25) is 9.59 Å². The van der Waals surface area contributed by atoms with Crippen molar-refractivity contribution >= 4 is 23.3 Å². The van der Waals surface area contributed by atoms with Crippen LogP contribution in [0, 0.1) is 0 Å². The number of hydrogen-bond donors (Lipinski definition) is 1. The molecule has 1 N–H and O–H groups in total. The van der Waals surface area contributed by atoms with Crippen molar-refractivity contribution in [3.05, 3.63) is 78.4 Å². The van der Waals surface area contributed by atoms with Gasteiger partial charge in [0, 0.05) is 31.7 Å². The van der Waals surface area contributed by atoms with Crippen LogP contribution < -0.4 is 10.2 Å². The first-order chi connectivity index (χ1) is 13.7. The Hall–Kier alpha value is -3.61. The molecule has 3 aromatic rings. The van der Waals surface area contributed by atoms with Crippen molar-refractivity contribution in [3.8, 4) is 0 Å². The molecule has 0 unspecified atom stereocenters. The molecule has 0 radical (unpaired) electrons. The molecular weight excluding hydrogens is 356 g/mol. The summed E-state index contributed by atoms with van der Waals surface area (Å²) >= 11 is 0. The molecule has 7 heteroatoms. The summed E-state index contributed by atoms with van der Waals surface area (Å²) in [4.78, 5) is 32.8. The molecule has 1 saturated heterocycles. The van der Waals surface area contributed by atoms with Crippen LogP contribution in [0.4, 0.5) is 11.5 Å². The van der Waals surface area contributed by atoms with E-state index >= 15 is 0 Å². The van der Waals surface area contributed by atoms with Crippen molar-refractivity contribution in [3.63, 3.8) is 0 Å². The zero-order valence-corrected chi connectivity index (χ0v) is 15.2. The molecule has 2 amide bonds. The third-order valence-corrected chi connectivity index (χ3v) is 4.69. The number of piperazine rings is 1. The summed E-state index contributed by atoms with van der Waals surface area (Å²) in [7, 11) is 0. The van der Waals surface area contributed by atoms with E-state index in [0.29, 0.717) is 43.3 Å². The van der Waals surface area contributed by atoms with Gasteiger partial charge in [0.25, 0.3) is 11.8 Å². The lowest BCUT2D eigenvalue weighted by atomic mass is 10.2. The quantitative estimate of drug-likeness (QED) is 0.757. The number of nitrogens with one attached hydrogen (secondary N) is 1. The highest BCUT2D eigenvalue weighted by Crippen LogP contribution is 2.18. The molecule has 1 aliphatic heterocycles. The van der Waals surface area contributed by atoms with Crippen molar-refractivity contribution in [2.45, 2.75) is 0 Å². The Morgan fingerprint density at radius 2 is 1.71 bits per heavy atom. The van der Waals surface area contributed by atoms with E-state index in [0.717, 1.165) is 5.69 Å². The molecule has 0 bridgehead atoms. The molecule has 1 aliphatic rings. The fourth-order valence-corrected chi connectivity index (χ4v) is 3.15. The summed E-state index contributed by atoms with van der Waals surface area (Å²) < 4.78 is 5.19. The third-order valence-electron chi connectivity index (χ3n) is 4.69. The highest BCUT2D eigenvalue weighted by molar-refractivity contribution is 6.03. The topological polar surface area (TPSA) is 78.7 Å². The van der Waals surface area contributed by atoms with Crippen LogP contribution in [0.25, 0.3) is 0 Å². The van der Waals surface area contributed by atoms with Gasteiger partial charge < -0.3 is 19.5 Å². The van der Waals surface area contributed by atoms with Crippen LogP contribution >= 0.6 is 0 Å². The molecule has 142 valence electrons. The van der Waals surface area contributed by atoms with Crippen LogP contribution in [0.15, 0.2) is 71.5 Å². The number of furan rings is 1. The maximum Gasteiger partial charge on any atom is 0.289 e. The number of amides is 2. The number of anilines is 2. The lowest BCUT2D eigenvalue weighted by molar-refractivity contribution is 0.0714. The Kier molecular flexibility index (Phi) is 5.05. The van der Waals surface area contributed by atoms with Gasteiger partial charge in [-0.05, 0) is 36.4 Å². The van der Waals surface area contributed by atoms with Crippen molar-refractivity contribution in [2.24, 2.45) is 0 Å². The van der Waals surface area contributed by atoms with E-state index in [4.69, 9.17) is 4.42 Å². The molecule has 0 aliphatic carbocycles. The van der Waals surface area contributed by atoms with Crippen molar-refractivity contribution in [1.29, 1.82) is 0 Å². The van der Waals surface area contributed by atoms with Crippen molar-refractivity contribution in [1.82, 2.24) is 9.88 Å². The maximum absolute atomic E-state index is 12.3. The maximum atomic E-state index is 12.3. The molecular formula is C21H20N4O3. The van der Waals surface area contributed by atoms with E-state index in [1.54, 1.807) is 41.4 Å². The van der Waals surface area contributed by atoms with E-state index in [-0.39, 0.29) is 11.8 Å². The largest absolute Gasteiger partial charge is 0.459 e. The summed E-state index contributed by atoms with van der Waals surface area (Å²) in [5, 5.41) is 2.79. The molecule has 0 atom stereocenters. The predicted octanol–water partition coefficient (Wildman–Crippen LogP) is 2.89. The number of rotatable bonds is 4. The normalized spacial score (nSPS) is 14.0. The number of carbonyl (C=O) groups excluding carboxylic acids is 2. The van der Waals surface area contributed by atoms with Gasteiger partial charge >= 0.3 is 0 Å². The first kappa shape index (κ1) is 17.8. The second kappa shape index (κ2) is 7.96. The fourth-order valence-electron chi connectivity index (χ4n) is 3.15. The number of pyridine rings is 1. The molecule has 28 heavy (non-hydrogen) atoms. The second-order valence-electron chi connectivity index (χ2n) is 6.48. The van der Waals surface area contributed by atoms with Crippen LogP contribution in [0.1, 0.15) is 20.9 Å². The number of hydrogen-bond acceptors (Lipinski definition) is 5. The SMILES string of the molecule is O=C(Nc1ccc(N2CCN(C(=O)c3ccco3)CC2)cn1)c1ccccc1. The Morgan fingerprint density at radius 1 is 0.929 bits per heavy atom. The predicted molar refractivity (Wildman–Crippen MR) is 105 cm³/mol. The average Bonchev–Trinajstić information content (AvgIpc) is 3.29. The average molecular weight is 376 g/mol. The van der Waals surface area contributed by atoms with Gasteiger partial charge in [-0.1, -0.05) is 18.2 Å². The van der Waals surface area contributed by atoms with Crippen LogP contribution in [0.2, 0.25) is 0 Å². The molecule has 1 aromatic carbocycles. The monoisotopic (exact) mass is 376 g/mol. The van der Waals surface area contributed by atoms with E-state index in [2.05, 4.69) is 15.2 Å². The number of aromatic nitrogens is 1. The summed E-state index contributed by atoms with van der Waals surface area (Å²) in [5.74, 6) is 0.602. The van der Waals surface area contributed by atoms with E-state index < -0.39 is 0 Å². The fraction of sp³-hybridized carbons (Fsp3) is 0.190. The van der Waals surface area contributed by atoms with E-state index in [1.807, 2.05) is 24.3 Å². The van der Waals surface area contributed by atoms with E-state index in [9.17, 15) is 9.59 Å². The smallest absolute Gasteiger partial charge is 0.289 e. The Balaban J connectivity index is 1.33. The highest BCUT2D eigenvalue weighted by Gasteiger charge is 2.24. The van der Waals surface area contributed by atoms with Crippen molar-refractivity contribution < 1.29 is 14.0 Å². The zero-order valence-electron chi connectivity index (χ0n) is 15.2. The Morgan fingerprint density at radius 3 is 2.36 bits per heavy atom. The van der Waals surface area contributed by atoms with Gasteiger partial charge in [-0.25, -0.2) is 4.98 Å². The number of benzene rings is 1. The van der Waals surface area contributed by atoms with Crippen LogP contribution in [0.5, 0.6) is 0 Å². The minimum Gasteiger partial charge on any atom is -0.459 e. The molecule has 0 saturated carbocycles. The van der Waals surface area contributed by atoms with E-state index in [1.165, 1.54) is 6.26 Å². The lowest BCUT2D eigenvalue weighted by Crippen LogP contribution is -2.48. The summed E-state index contributed by atoms with van der Waals surface area (Å²) in [5.41, 5.74) is 1.55. The number of carbonyl (C=O) groups is 2. The highest BCUT2D eigenvalue weighted by atomic mass is 16.3. The van der Waals surface area contributed by atoms with Crippen LogP contribution in [-0.2, 0) is 0 Å². The minimum absolute atomic E-state index is 0.0817. The Labute approximate surface area is 162 Å². The molecule has 2 aromatic heterocycles.